The number of aliphatic imine (C=N–C) groups is 1. The first-order valence-corrected chi connectivity index (χ1v) is 9.66. The fourth-order valence-corrected chi connectivity index (χ4v) is 3.79. The number of amidine groups is 1. The molecule has 0 spiro atoms. The van der Waals surface area contributed by atoms with Crippen molar-refractivity contribution in [3.63, 3.8) is 0 Å². The van der Waals surface area contributed by atoms with Crippen LogP contribution in [0.15, 0.2) is 52.4 Å². The van der Waals surface area contributed by atoms with Gasteiger partial charge in [-0.25, -0.2) is 4.99 Å². The molecule has 1 N–H and O–H groups in total. The fraction of sp³-hybridized carbons (Fsp3) is 0.200. The highest BCUT2D eigenvalue weighted by molar-refractivity contribution is 8.18. The largest absolute Gasteiger partial charge is 0.500 e. The fourth-order valence-electron chi connectivity index (χ4n) is 2.77. The number of methoxy groups -OCH3 is 1. The molecule has 2 aromatic rings. The molecule has 0 bridgehead atoms. The lowest BCUT2D eigenvalue weighted by Crippen LogP contribution is -2.29. The third kappa shape index (κ3) is 4.40. The van der Waals surface area contributed by atoms with Gasteiger partial charge in [-0.1, -0.05) is 25.1 Å². The van der Waals surface area contributed by atoms with Gasteiger partial charge in [-0.05, 0) is 48.0 Å². The standard InChI is InChI=1S/C20H19N3O5S/c1-3-9-22-19(25)17(29-20(22)21-14-7-5-4-6-8-14)12-13-10-15(23(26)27)18(24)16(11-13)28-2/h4-8,10-12,24H,3,9H2,1-2H3/b17-12+,21-20?. The van der Waals surface area contributed by atoms with E-state index in [0.717, 1.165) is 12.1 Å². The normalized spacial score (nSPS) is 16.6. The minimum absolute atomic E-state index is 0.0370. The molecule has 0 saturated carbocycles. The van der Waals surface area contributed by atoms with Gasteiger partial charge in [-0.3, -0.25) is 19.8 Å². The summed E-state index contributed by atoms with van der Waals surface area (Å²) in [5.41, 5.74) is 0.613. The Balaban J connectivity index is 2.02. The van der Waals surface area contributed by atoms with Crippen LogP contribution in [0.25, 0.3) is 6.08 Å². The molecule has 9 heteroatoms. The Kier molecular flexibility index (Phi) is 6.18. The number of nitro groups is 1. The van der Waals surface area contributed by atoms with E-state index in [9.17, 15) is 20.0 Å². The van der Waals surface area contributed by atoms with E-state index in [1.807, 2.05) is 37.3 Å². The first-order chi connectivity index (χ1) is 13.9. The topological polar surface area (TPSA) is 105 Å². The van der Waals surface area contributed by atoms with Gasteiger partial charge in [0.1, 0.15) is 0 Å². The van der Waals surface area contributed by atoms with Crippen LogP contribution in [0.1, 0.15) is 18.9 Å². The van der Waals surface area contributed by atoms with Crippen LogP contribution in [0.2, 0.25) is 0 Å². The Morgan fingerprint density at radius 3 is 2.66 bits per heavy atom. The average molecular weight is 413 g/mol. The number of ether oxygens (including phenoxy) is 1. The molecule has 1 amide bonds. The number of hydrogen-bond acceptors (Lipinski definition) is 7. The van der Waals surface area contributed by atoms with Gasteiger partial charge in [0.25, 0.3) is 5.91 Å². The number of phenolic OH excluding ortho intramolecular Hbond substituents is 1. The Labute approximate surface area is 171 Å². The highest BCUT2D eigenvalue weighted by Crippen LogP contribution is 2.39. The summed E-state index contributed by atoms with van der Waals surface area (Å²) in [5.74, 6) is -0.810. The lowest BCUT2D eigenvalue weighted by atomic mass is 10.1. The highest BCUT2D eigenvalue weighted by atomic mass is 32.2. The zero-order valence-electron chi connectivity index (χ0n) is 15.9. The number of nitro benzene ring substituents is 1. The van der Waals surface area contributed by atoms with Crippen LogP contribution >= 0.6 is 11.8 Å². The number of nitrogens with zero attached hydrogens (tertiary/aromatic N) is 3. The molecule has 0 unspecified atom stereocenters. The lowest BCUT2D eigenvalue weighted by molar-refractivity contribution is -0.386. The van der Waals surface area contributed by atoms with E-state index in [-0.39, 0.29) is 11.7 Å². The molecule has 1 heterocycles. The van der Waals surface area contributed by atoms with E-state index in [2.05, 4.69) is 4.99 Å². The predicted octanol–water partition coefficient (Wildman–Crippen LogP) is 4.32. The molecule has 0 aliphatic carbocycles. The second-order valence-electron chi connectivity index (χ2n) is 6.15. The number of amides is 1. The van der Waals surface area contributed by atoms with Gasteiger partial charge < -0.3 is 9.84 Å². The van der Waals surface area contributed by atoms with Crippen molar-refractivity contribution in [2.45, 2.75) is 13.3 Å². The minimum Gasteiger partial charge on any atom is -0.500 e. The van der Waals surface area contributed by atoms with E-state index in [0.29, 0.717) is 22.2 Å². The summed E-state index contributed by atoms with van der Waals surface area (Å²) in [7, 11) is 1.30. The molecule has 3 rings (SSSR count). The summed E-state index contributed by atoms with van der Waals surface area (Å²) in [6.45, 7) is 2.47. The maximum atomic E-state index is 12.9. The number of hydrogen-bond donors (Lipinski definition) is 1. The molecule has 2 aromatic carbocycles. The van der Waals surface area contributed by atoms with Crippen molar-refractivity contribution in [2.24, 2.45) is 4.99 Å². The number of carbonyl (C=O) groups is 1. The molecule has 0 radical (unpaired) electrons. The summed E-state index contributed by atoms with van der Waals surface area (Å²) >= 11 is 1.20. The molecule has 1 fully saturated rings. The molecule has 1 saturated heterocycles. The molecule has 29 heavy (non-hydrogen) atoms. The van der Waals surface area contributed by atoms with E-state index in [1.165, 1.54) is 37.1 Å². The molecule has 1 aliphatic heterocycles. The van der Waals surface area contributed by atoms with Gasteiger partial charge in [0.05, 0.1) is 22.6 Å². The predicted molar refractivity (Wildman–Crippen MR) is 112 cm³/mol. The molecular weight excluding hydrogens is 394 g/mol. The quantitative estimate of drug-likeness (QED) is 0.429. The van der Waals surface area contributed by atoms with Crippen LogP contribution in [0, 0.1) is 10.1 Å². The average Bonchev–Trinajstić information content (AvgIpc) is 2.98. The Bertz CT molecular complexity index is 1000. The number of aromatic hydroxyl groups is 1. The van der Waals surface area contributed by atoms with E-state index in [1.54, 1.807) is 4.90 Å². The van der Waals surface area contributed by atoms with Crippen LogP contribution in [-0.4, -0.2) is 39.7 Å². The van der Waals surface area contributed by atoms with Crippen molar-refractivity contribution in [1.82, 2.24) is 4.90 Å². The van der Waals surface area contributed by atoms with Gasteiger partial charge in [-0.2, -0.15) is 0 Å². The van der Waals surface area contributed by atoms with Crippen molar-refractivity contribution < 1.29 is 19.6 Å². The van der Waals surface area contributed by atoms with Crippen molar-refractivity contribution in [1.29, 1.82) is 0 Å². The highest BCUT2D eigenvalue weighted by Gasteiger charge is 2.33. The van der Waals surface area contributed by atoms with Crippen LogP contribution in [0.3, 0.4) is 0 Å². The molecule has 0 atom stereocenters. The smallest absolute Gasteiger partial charge is 0.315 e. The zero-order chi connectivity index (χ0) is 21.0. The SMILES string of the molecule is CCCN1C(=O)/C(=C\c2cc(OC)c(O)c([N+](=O)[O-])c2)SC1=Nc1ccccc1. The summed E-state index contributed by atoms with van der Waals surface area (Å²) < 4.78 is 5.02. The van der Waals surface area contributed by atoms with Gasteiger partial charge in [0.2, 0.25) is 5.75 Å². The van der Waals surface area contributed by atoms with Gasteiger partial charge in [0, 0.05) is 12.6 Å². The van der Waals surface area contributed by atoms with Crippen LogP contribution < -0.4 is 4.74 Å². The van der Waals surface area contributed by atoms with Crippen molar-refractivity contribution in [3.8, 4) is 11.5 Å². The summed E-state index contributed by atoms with van der Waals surface area (Å²) in [5, 5.41) is 21.7. The van der Waals surface area contributed by atoms with Crippen LogP contribution in [0.5, 0.6) is 11.5 Å². The van der Waals surface area contributed by atoms with E-state index < -0.39 is 16.4 Å². The third-order valence-corrected chi connectivity index (χ3v) is 5.11. The maximum absolute atomic E-state index is 12.9. The molecule has 0 aromatic heterocycles. The second-order valence-corrected chi connectivity index (χ2v) is 7.15. The maximum Gasteiger partial charge on any atom is 0.315 e. The number of phenols is 1. The van der Waals surface area contributed by atoms with Crippen molar-refractivity contribution in [2.75, 3.05) is 13.7 Å². The first kappa shape index (κ1) is 20.4. The van der Waals surface area contributed by atoms with Crippen LogP contribution in [0.4, 0.5) is 11.4 Å². The Hall–Kier alpha value is -3.33. The Morgan fingerprint density at radius 1 is 1.31 bits per heavy atom. The number of carbonyl (C=O) groups excluding carboxylic acids is 1. The number of thioether (sulfide) groups is 1. The molecule has 1 aliphatic rings. The molecular formula is C20H19N3O5S. The monoisotopic (exact) mass is 413 g/mol. The first-order valence-electron chi connectivity index (χ1n) is 8.85. The van der Waals surface area contributed by atoms with E-state index in [4.69, 9.17) is 4.74 Å². The number of rotatable bonds is 6. The van der Waals surface area contributed by atoms with E-state index >= 15 is 0 Å². The molecule has 150 valence electrons. The lowest BCUT2D eigenvalue weighted by Gasteiger charge is -2.13. The minimum atomic E-state index is -0.699. The third-order valence-electron chi connectivity index (χ3n) is 4.11. The summed E-state index contributed by atoms with van der Waals surface area (Å²) in [6, 6.07) is 12.0. The zero-order valence-corrected chi connectivity index (χ0v) is 16.7. The van der Waals surface area contributed by atoms with Crippen molar-refractivity contribution >= 4 is 40.3 Å². The van der Waals surface area contributed by atoms with Gasteiger partial charge in [0.15, 0.2) is 10.9 Å². The summed E-state index contributed by atoms with van der Waals surface area (Å²) in [6.07, 6.45) is 2.30. The van der Waals surface area contributed by atoms with Crippen molar-refractivity contribution in [3.05, 3.63) is 63.0 Å². The van der Waals surface area contributed by atoms with Gasteiger partial charge >= 0.3 is 5.69 Å². The second kappa shape index (κ2) is 8.78. The van der Waals surface area contributed by atoms with Gasteiger partial charge in [-0.15, -0.1) is 0 Å². The number of para-hydroxylation sites is 1. The summed E-state index contributed by atoms with van der Waals surface area (Å²) in [4.78, 5) is 29.9. The number of benzene rings is 2. The molecule has 8 nitrogen and oxygen atoms in total. The Morgan fingerprint density at radius 2 is 2.03 bits per heavy atom. The van der Waals surface area contributed by atoms with Crippen LogP contribution in [-0.2, 0) is 4.79 Å².